The molecule has 6 aromatic heterocycles. The molecule has 6 nitrogen and oxygen atoms in total. The van der Waals surface area contributed by atoms with Crippen LogP contribution in [0.5, 0.6) is 0 Å². The molecule has 0 spiro atoms. The Labute approximate surface area is 246 Å². The van der Waals surface area contributed by atoms with Crippen molar-refractivity contribution in [1.29, 1.82) is 0 Å². The maximum atomic E-state index is 5.11. The van der Waals surface area contributed by atoms with Crippen molar-refractivity contribution in [2.45, 2.75) is 38.5 Å². The van der Waals surface area contributed by atoms with Gasteiger partial charge in [0.15, 0.2) is 0 Å². The molecule has 0 aliphatic heterocycles. The summed E-state index contributed by atoms with van der Waals surface area (Å²) in [7, 11) is 0. The van der Waals surface area contributed by atoms with Gasteiger partial charge in [0, 0.05) is 35.2 Å². The van der Waals surface area contributed by atoms with Gasteiger partial charge in [0.05, 0.1) is 46.0 Å². The molecule has 6 heterocycles. The third-order valence-electron chi connectivity index (χ3n) is 7.26. The van der Waals surface area contributed by atoms with E-state index in [0.717, 1.165) is 69.8 Å². The molecule has 2 atom stereocenters. The molecule has 0 fully saturated rings. The van der Waals surface area contributed by atoms with Crippen LogP contribution in [0.2, 0.25) is 0 Å². The van der Waals surface area contributed by atoms with Gasteiger partial charge in [-0.15, -0.1) is 0 Å². The summed E-state index contributed by atoms with van der Waals surface area (Å²) in [4.78, 5) is 29.2. The summed E-state index contributed by atoms with van der Waals surface area (Å²) in [6.07, 6.45) is 5.17. The fourth-order valence-electron chi connectivity index (χ4n) is 5.30. The van der Waals surface area contributed by atoms with Crippen molar-refractivity contribution in [3.05, 3.63) is 179 Å². The standard InChI is InChI=1S/C36H32N6/c1-25-11-7-17-31(39-25)35(29-15-3-5-23-37-29)33-19-9-13-27(41-33)21-22-28-14-10-20-34(42-28)36(30-16-4-6-24-38-30)32-18-8-12-26(2)40-32/h3-20,23-24,35-36H,21-22H2,1-2H3/t35-,36-/m1/s1. The summed E-state index contributed by atoms with van der Waals surface area (Å²) in [5.74, 6) is -0.290. The SMILES string of the molecule is Cc1cccc([C@@H](c2ccccn2)c2cccc(CCc3cccc([C@H](c4ccccn4)c4cccc(C)n4)n3)n2)n1. The molecule has 0 saturated carbocycles. The number of rotatable bonds is 9. The molecule has 42 heavy (non-hydrogen) atoms. The fraction of sp³-hybridized carbons (Fsp3) is 0.167. The smallest absolute Gasteiger partial charge is 0.0858 e. The van der Waals surface area contributed by atoms with Crippen LogP contribution in [0.1, 0.15) is 68.8 Å². The predicted octanol–water partition coefficient (Wildman–Crippen LogP) is 6.82. The molecule has 6 heteroatoms. The molecule has 0 radical (unpaired) electrons. The van der Waals surface area contributed by atoms with Gasteiger partial charge in [-0.2, -0.15) is 0 Å². The van der Waals surface area contributed by atoms with Crippen LogP contribution in [-0.2, 0) is 12.8 Å². The Hall–Kier alpha value is -5.10. The number of pyridine rings is 6. The Kier molecular flexibility index (Phi) is 8.13. The number of hydrogen-bond donors (Lipinski definition) is 0. The maximum absolute atomic E-state index is 5.11. The minimum atomic E-state index is -0.145. The van der Waals surface area contributed by atoms with Crippen LogP contribution in [-0.4, -0.2) is 29.9 Å². The zero-order valence-electron chi connectivity index (χ0n) is 23.8. The van der Waals surface area contributed by atoms with Crippen molar-refractivity contribution in [1.82, 2.24) is 29.9 Å². The second-order valence-electron chi connectivity index (χ2n) is 10.4. The number of aryl methyl sites for hydroxylation is 4. The lowest BCUT2D eigenvalue weighted by molar-refractivity contribution is 0.789. The molecule has 0 aromatic carbocycles. The zero-order chi connectivity index (χ0) is 28.7. The van der Waals surface area contributed by atoms with Crippen molar-refractivity contribution in [2.24, 2.45) is 0 Å². The first-order valence-electron chi connectivity index (χ1n) is 14.2. The van der Waals surface area contributed by atoms with E-state index in [4.69, 9.17) is 19.9 Å². The summed E-state index contributed by atoms with van der Waals surface area (Å²) < 4.78 is 0. The summed E-state index contributed by atoms with van der Waals surface area (Å²) in [5.41, 5.74) is 9.58. The third kappa shape index (κ3) is 6.28. The van der Waals surface area contributed by atoms with Crippen molar-refractivity contribution >= 4 is 0 Å². The van der Waals surface area contributed by atoms with E-state index in [1.54, 1.807) is 0 Å². The van der Waals surface area contributed by atoms with E-state index in [1.807, 2.05) is 86.9 Å². The average Bonchev–Trinajstić information content (AvgIpc) is 3.02. The van der Waals surface area contributed by atoms with Crippen LogP contribution in [0.3, 0.4) is 0 Å². The quantitative estimate of drug-likeness (QED) is 0.197. The van der Waals surface area contributed by atoms with Gasteiger partial charge in [-0.25, -0.2) is 0 Å². The molecule has 0 amide bonds. The Morgan fingerprint density at radius 1 is 0.405 bits per heavy atom. The Bertz CT molecular complexity index is 1640. The highest BCUT2D eigenvalue weighted by Gasteiger charge is 2.23. The van der Waals surface area contributed by atoms with E-state index in [9.17, 15) is 0 Å². The van der Waals surface area contributed by atoms with Gasteiger partial charge in [-0.1, -0.05) is 36.4 Å². The van der Waals surface area contributed by atoms with Crippen molar-refractivity contribution in [3.63, 3.8) is 0 Å². The fourth-order valence-corrected chi connectivity index (χ4v) is 5.30. The monoisotopic (exact) mass is 548 g/mol. The highest BCUT2D eigenvalue weighted by Crippen LogP contribution is 2.30. The van der Waals surface area contributed by atoms with Crippen LogP contribution in [0.15, 0.2) is 122 Å². The first kappa shape index (κ1) is 27.1. The predicted molar refractivity (Wildman–Crippen MR) is 164 cm³/mol. The largest absolute Gasteiger partial charge is 0.260 e. The van der Waals surface area contributed by atoms with Gasteiger partial charge in [-0.05, 0) is 99.5 Å². The Balaban J connectivity index is 1.28. The molecule has 0 aliphatic carbocycles. The molecule has 6 rings (SSSR count). The molecule has 0 unspecified atom stereocenters. The minimum absolute atomic E-state index is 0.145. The lowest BCUT2D eigenvalue weighted by atomic mass is 9.94. The molecule has 6 aromatic rings. The topological polar surface area (TPSA) is 77.3 Å². The lowest BCUT2D eigenvalue weighted by Gasteiger charge is -2.18. The van der Waals surface area contributed by atoms with Gasteiger partial charge in [0.1, 0.15) is 0 Å². The maximum Gasteiger partial charge on any atom is 0.0858 e. The lowest BCUT2D eigenvalue weighted by Crippen LogP contribution is -2.12. The first-order chi connectivity index (χ1) is 20.6. The van der Waals surface area contributed by atoms with E-state index < -0.39 is 0 Å². The van der Waals surface area contributed by atoms with Crippen LogP contribution in [0, 0.1) is 13.8 Å². The van der Waals surface area contributed by atoms with Gasteiger partial charge >= 0.3 is 0 Å². The van der Waals surface area contributed by atoms with Crippen LogP contribution in [0.4, 0.5) is 0 Å². The molecule has 0 aliphatic rings. The second-order valence-corrected chi connectivity index (χ2v) is 10.4. The van der Waals surface area contributed by atoms with E-state index in [2.05, 4.69) is 58.5 Å². The van der Waals surface area contributed by atoms with Crippen molar-refractivity contribution < 1.29 is 0 Å². The Morgan fingerprint density at radius 3 is 1.17 bits per heavy atom. The van der Waals surface area contributed by atoms with Gasteiger partial charge in [0.2, 0.25) is 0 Å². The normalized spacial score (nSPS) is 12.5. The van der Waals surface area contributed by atoms with Crippen LogP contribution < -0.4 is 0 Å². The van der Waals surface area contributed by atoms with E-state index >= 15 is 0 Å². The molecule has 0 bridgehead atoms. The van der Waals surface area contributed by atoms with Crippen LogP contribution >= 0.6 is 0 Å². The number of hydrogen-bond acceptors (Lipinski definition) is 6. The van der Waals surface area contributed by atoms with E-state index in [-0.39, 0.29) is 11.8 Å². The van der Waals surface area contributed by atoms with Crippen molar-refractivity contribution in [3.8, 4) is 0 Å². The molecule has 0 N–H and O–H groups in total. The molecule has 0 saturated heterocycles. The van der Waals surface area contributed by atoms with E-state index in [0.29, 0.717) is 0 Å². The third-order valence-corrected chi connectivity index (χ3v) is 7.26. The van der Waals surface area contributed by atoms with Gasteiger partial charge in [-0.3, -0.25) is 29.9 Å². The summed E-state index contributed by atoms with van der Waals surface area (Å²) >= 11 is 0. The highest BCUT2D eigenvalue weighted by molar-refractivity contribution is 5.36. The summed E-state index contributed by atoms with van der Waals surface area (Å²) in [6, 6.07) is 36.6. The second kappa shape index (κ2) is 12.6. The molecular formula is C36H32N6. The van der Waals surface area contributed by atoms with Gasteiger partial charge < -0.3 is 0 Å². The van der Waals surface area contributed by atoms with E-state index in [1.165, 1.54) is 0 Å². The first-order valence-corrected chi connectivity index (χ1v) is 14.2. The highest BCUT2D eigenvalue weighted by atomic mass is 14.8. The van der Waals surface area contributed by atoms with Crippen molar-refractivity contribution in [2.75, 3.05) is 0 Å². The minimum Gasteiger partial charge on any atom is -0.260 e. The number of nitrogens with zero attached hydrogens (tertiary/aromatic N) is 6. The number of aromatic nitrogens is 6. The molecular weight excluding hydrogens is 516 g/mol. The zero-order valence-corrected chi connectivity index (χ0v) is 23.8. The van der Waals surface area contributed by atoms with Crippen LogP contribution in [0.25, 0.3) is 0 Å². The average molecular weight is 549 g/mol. The summed E-state index contributed by atoms with van der Waals surface area (Å²) in [6.45, 7) is 4.02. The van der Waals surface area contributed by atoms with Gasteiger partial charge in [0.25, 0.3) is 0 Å². The summed E-state index contributed by atoms with van der Waals surface area (Å²) in [5, 5.41) is 0. The Morgan fingerprint density at radius 2 is 0.786 bits per heavy atom. The molecule has 206 valence electrons.